The van der Waals surface area contributed by atoms with Crippen LogP contribution in [-0.4, -0.2) is 18.3 Å². The summed E-state index contributed by atoms with van der Waals surface area (Å²) >= 11 is 0. The minimum absolute atomic E-state index is 0.0788. The zero-order valence-electron chi connectivity index (χ0n) is 8.06. The van der Waals surface area contributed by atoms with Gasteiger partial charge in [0.25, 0.3) is 0 Å². The Hall–Kier alpha value is -2.26. The SMILES string of the molecule is C#CCOc1ccc(O)cc1OCC#C. The molecule has 1 rings (SSSR count). The third kappa shape index (κ3) is 3.17. The fourth-order valence-corrected chi connectivity index (χ4v) is 0.968. The molecule has 1 aromatic rings. The molecule has 76 valence electrons. The number of rotatable bonds is 4. The lowest BCUT2D eigenvalue weighted by Crippen LogP contribution is -1.99. The Labute approximate surface area is 88.6 Å². The molecule has 3 heteroatoms. The summed E-state index contributed by atoms with van der Waals surface area (Å²) in [5.41, 5.74) is 0. The largest absolute Gasteiger partial charge is 0.508 e. The van der Waals surface area contributed by atoms with Crippen molar-refractivity contribution >= 4 is 0 Å². The van der Waals surface area contributed by atoms with Crippen molar-refractivity contribution < 1.29 is 14.6 Å². The standard InChI is InChI=1S/C12H10O3/c1-3-7-14-11-6-5-10(13)9-12(11)15-8-4-2/h1-2,5-6,9,13H,7-8H2. The lowest BCUT2D eigenvalue weighted by atomic mass is 10.3. The zero-order chi connectivity index (χ0) is 11.1. The van der Waals surface area contributed by atoms with Gasteiger partial charge in [0, 0.05) is 6.07 Å². The van der Waals surface area contributed by atoms with Crippen LogP contribution in [0.1, 0.15) is 0 Å². The van der Waals surface area contributed by atoms with E-state index in [0.29, 0.717) is 11.5 Å². The molecule has 0 aromatic heterocycles. The first-order valence-corrected chi connectivity index (χ1v) is 4.23. The maximum atomic E-state index is 9.23. The van der Waals surface area contributed by atoms with Crippen LogP contribution in [-0.2, 0) is 0 Å². The van der Waals surface area contributed by atoms with Gasteiger partial charge in [0.05, 0.1) is 0 Å². The van der Waals surface area contributed by atoms with Gasteiger partial charge in [-0.05, 0) is 12.1 Å². The first-order valence-electron chi connectivity index (χ1n) is 4.23. The maximum absolute atomic E-state index is 9.23. The average molecular weight is 202 g/mol. The number of terminal acetylenes is 2. The Morgan fingerprint density at radius 3 is 2.27 bits per heavy atom. The van der Waals surface area contributed by atoms with Gasteiger partial charge >= 0.3 is 0 Å². The number of hydrogen-bond acceptors (Lipinski definition) is 3. The molecule has 0 atom stereocenters. The van der Waals surface area contributed by atoms with Crippen LogP contribution in [0.15, 0.2) is 18.2 Å². The van der Waals surface area contributed by atoms with E-state index in [-0.39, 0.29) is 19.0 Å². The van der Waals surface area contributed by atoms with E-state index in [1.54, 1.807) is 6.07 Å². The van der Waals surface area contributed by atoms with Gasteiger partial charge in [0.15, 0.2) is 11.5 Å². The summed E-state index contributed by atoms with van der Waals surface area (Å²) in [4.78, 5) is 0. The summed E-state index contributed by atoms with van der Waals surface area (Å²) < 4.78 is 10.4. The lowest BCUT2D eigenvalue weighted by Gasteiger charge is -2.09. The Bertz CT molecular complexity index is 410. The lowest BCUT2D eigenvalue weighted by molar-refractivity contribution is 0.312. The van der Waals surface area contributed by atoms with Gasteiger partial charge in [0.2, 0.25) is 0 Å². The molecule has 0 spiro atoms. The van der Waals surface area contributed by atoms with Crippen LogP contribution in [0.2, 0.25) is 0 Å². The average Bonchev–Trinajstić information content (AvgIpc) is 2.25. The Morgan fingerprint density at radius 2 is 1.67 bits per heavy atom. The topological polar surface area (TPSA) is 38.7 Å². The first kappa shape index (κ1) is 10.8. The molecule has 1 aromatic carbocycles. The number of ether oxygens (including phenoxy) is 2. The van der Waals surface area contributed by atoms with Gasteiger partial charge in [0.1, 0.15) is 19.0 Å². The molecule has 1 N–H and O–H groups in total. The monoisotopic (exact) mass is 202 g/mol. The maximum Gasteiger partial charge on any atom is 0.166 e. The smallest absolute Gasteiger partial charge is 0.166 e. The number of hydrogen-bond donors (Lipinski definition) is 1. The van der Waals surface area contributed by atoms with Gasteiger partial charge in [-0.3, -0.25) is 0 Å². The molecule has 0 saturated carbocycles. The second kappa shape index (κ2) is 5.47. The molecule has 0 bridgehead atoms. The molecule has 0 radical (unpaired) electrons. The van der Waals surface area contributed by atoms with Crippen molar-refractivity contribution in [1.29, 1.82) is 0 Å². The fourth-order valence-electron chi connectivity index (χ4n) is 0.968. The van der Waals surface area contributed by atoms with Crippen LogP contribution in [0.5, 0.6) is 17.2 Å². The second-order valence-corrected chi connectivity index (χ2v) is 2.62. The molecule has 15 heavy (non-hydrogen) atoms. The molecule has 0 aliphatic carbocycles. The van der Waals surface area contributed by atoms with Crippen molar-refractivity contribution in [3.8, 4) is 41.9 Å². The third-order valence-electron chi connectivity index (χ3n) is 1.55. The number of benzene rings is 1. The second-order valence-electron chi connectivity index (χ2n) is 2.62. The molecule has 0 unspecified atom stereocenters. The number of phenolic OH excluding ortho intramolecular Hbond substituents is 1. The molecule has 3 nitrogen and oxygen atoms in total. The molecular formula is C12H10O3. The molecule has 0 amide bonds. The van der Waals surface area contributed by atoms with Gasteiger partial charge in [-0.25, -0.2) is 0 Å². The fraction of sp³-hybridized carbons (Fsp3) is 0.167. The van der Waals surface area contributed by atoms with Gasteiger partial charge in [-0.2, -0.15) is 0 Å². The summed E-state index contributed by atoms with van der Waals surface area (Å²) in [6.07, 6.45) is 10.1. The summed E-state index contributed by atoms with van der Waals surface area (Å²) in [6, 6.07) is 4.47. The van der Waals surface area contributed by atoms with Crippen LogP contribution < -0.4 is 9.47 Å². The summed E-state index contributed by atoms with van der Waals surface area (Å²) in [5.74, 6) is 5.57. The highest BCUT2D eigenvalue weighted by molar-refractivity contribution is 5.45. The van der Waals surface area contributed by atoms with E-state index in [1.807, 2.05) is 0 Å². The van der Waals surface area contributed by atoms with Gasteiger partial charge in [-0.1, -0.05) is 11.8 Å². The van der Waals surface area contributed by atoms with Crippen molar-refractivity contribution in [2.45, 2.75) is 0 Å². The van der Waals surface area contributed by atoms with E-state index in [9.17, 15) is 5.11 Å². The van der Waals surface area contributed by atoms with E-state index in [1.165, 1.54) is 12.1 Å². The van der Waals surface area contributed by atoms with Gasteiger partial charge in [-0.15, -0.1) is 12.8 Å². The van der Waals surface area contributed by atoms with Crippen LogP contribution in [0.3, 0.4) is 0 Å². The minimum Gasteiger partial charge on any atom is -0.508 e. The molecule has 0 fully saturated rings. The molecule has 0 saturated heterocycles. The number of aromatic hydroxyl groups is 1. The zero-order valence-corrected chi connectivity index (χ0v) is 8.06. The summed E-state index contributed by atoms with van der Waals surface area (Å²) in [5, 5.41) is 9.23. The quantitative estimate of drug-likeness (QED) is 0.750. The van der Waals surface area contributed by atoms with E-state index in [2.05, 4.69) is 11.8 Å². The van der Waals surface area contributed by atoms with Crippen molar-refractivity contribution in [3.63, 3.8) is 0 Å². The number of phenols is 1. The predicted molar refractivity (Wildman–Crippen MR) is 56.8 cm³/mol. The highest BCUT2D eigenvalue weighted by Crippen LogP contribution is 2.30. The molecule has 0 heterocycles. The Morgan fingerprint density at radius 1 is 1.07 bits per heavy atom. The van der Waals surface area contributed by atoms with E-state index < -0.39 is 0 Å². The van der Waals surface area contributed by atoms with Crippen LogP contribution in [0.25, 0.3) is 0 Å². The Kier molecular flexibility index (Phi) is 3.94. The van der Waals surface area contributed by atoms with Crippen molar-refractivity contribution in [2.24, 2.45) is 0 Å². The predicted octanol–water partition coefficient (Wildman–Crippen LogP) is 1.42. The Balaban J connectivity index is 2.84. The minimum atomic E-state index is 0.0788. The van der Waals surface area contributed by atoms with Gasteiger partial charge < -0.3 is 14.6 Å². The van der Waals surface area contributed by atoms with E-state index >= 15 is 0 Å². The van der Waals surface area contributed by atoms with E-state index in [4.69, 9.17) is 22.3 Å². The van der Waals surface area contributed by atoms with E-state index in [0.717, 1.165) is 0 Å². The van der Waals surface area contributed by atoms with Crippen molar-refractivity contribution in [3.05, 3.63) is 18.2 Å². The van der Waals surface area contributed by atoms with Crippen LogP contribution in [0, 0.1) is 24.7 Å². The first-order chi connectivity index (χ1) is 7.27. The summed E-state index contributed by atoms with van der Waals surface area (Å²) in [7, 11) is 0. The molecular weight excluding hydrogens is 192 g/mol. The molecule has 0 aliphatic rings. The third-order valence-corrected chi connectivity index (χ3v) is 1.55. The van der Waals surface area contributed by atoms with Crippen molar-refractivity contribution in [1.82, 2.24) is 0 Å². The normalized spacial score (nSPS) is 8.67. The highest BCUT2D eigenvalue weighted by Gasteiger charge is 2.05. The van der Waals surface area contributed by atoms with Crippen LogP contribution >= 0.6 is 0 Å². The van der Waals surface area contributed by atoms with Crippen molar-refractivity contribution in [2.75, 3.05) is 13.2 Å². The highest BCUT2D eigenvalue weighted by atomic mass is 16.5. The summed E-state index contributed by atoms with van der Waals surface area (Å²) in [6.45, 7) is 0.243. The molecule has 0 aliphatic heterocycles. The van der Waals surface area contributed by atoms with Crippen LogP contribution in [0.4, 0.5) is 0 Å².